The molecule has 1 heterocycles. The van der Waals surface area contributed by atoms with Crippen LogP contribution < -0.4 is 5.43 Å². The molecule has 4 nitrogen and oxygen atoms in total. The first-order chi connectivity index (χ1) is 9.20. The highest BCUT2D eigenvalue weighted by molar-refractivity contribution is 7.12. The zero-order valence-corrected chi connectivity index (χ0v) is 11.7. The Balaban J connectivity index is 2.07. The molecule has 0 atom stereocenters. The van der Waals surface area contributed by atoms with E-state index in [0.29, 0.717) is 15.6 Å². The Morgan fingerprint density at radius 3 is 3.05 bits per heavy atom. The van der Waals surface area contributed by atoms with Crippen LogP contribution >= 0.6 is 22.9 Å². The maximum atomic E-state index is 11.5. The van der Waals surface area contributed by atoms with Crippen LogP contribution in [0.3, 0.4) is 0 Å². The van der Waals surface area contributed by atoms with Crippen molar-refractivity contribution >= 4 is 40.8 Å². The smallest absolute Gasteiger partial charge is 0.350 e. The first-order valence-corrected chi connectivity index (χ1v) is 6.67. The van der Waals surface area contributed by atoms with E-state index in [1.54, 1.807) is 29.8 Å². The number of anilines is 1. The third kappa shape index (κ3) is 3.56. The molecular weight excluding hydrogens is 284 g/mol. The molecule has 1 N–H and O–H groups in total. The molecule has 98 valence electrons. The Labute approximate surface area is 119 Å². The summed E-state index contributed by atoms with van der Waals surface area (Å²) in [7, 11) is 1.35. The largest absolute Gasteiger partial charge is 0.465 e. The van der Waals surface area contributed by atoms with Crippen LogP contribution in [0.2, 0.25) is 5.02 Å². The lowest BCUT2D eigenvalue weighted by Gasteiger charge is -2.01. The van der Waals surface area contributed by atoms with E-state index in [0.717, 1.165) is 5.56 Å². The Morgan fingerprint density at radius 1 is 1.47 bits per heavy atom. The highest BCUT2D eigenvalue weighted by atomic mass is 35.5. The minimum Gasteiger partial charge on any atom is -0.465 e. The molecular formula is C13H11ClN2O2S. The van der Waals surface area contributed by atoms with Gasteiger partial charge in [0.25, 0.3) is 0 Å². The minimum absolute atomic E-state index is 0.379. The Kier molecular flexibility index (Phi) is 4.54. The quantitative estimate of drug-likeness (QED) is 0.532. The number of nitrogens with one attached hydrogen (secondary N) is 1. The van der Waals surface area contributed by atoms with Crippen molar-refractivity contribution in [3.8, 4) is 0 Å². The predicted octanol–water partition coefficient (Wildman–Crippen LogP) is 3.63. The molecule has 6 heteroatoms. The van der Waals surface area contributed by atoms with Crippen LogP contribution in [0, 0.1) is 0 Å². The number of halogens is 1. The van der Waals surface area contributed by atoms with Crippen LogP contribution in [0.25, 0.3) is 0 Å². The number of hydrogen-bond donors (Lipinski definition) is 1. The number of carbonyl (C=O) groups is 1. The van der Waals surface area contributed by atoms with E-state index < -0.39 is 0 Å². The number of rotatable bonds is 4. The minimum atomic E-state index is -0.379. The van der Waals surface area contributed by atoms with Crippen molar-refractivity contribution in [2.24, 2.45) is 5.10 Å². The molecule has 0 aliphatic carbocycles. The average Bonchev–Trinajstić information content (AvgIpc) is 2.86. The van der Waals surface area contributed by atoms with Gasteiger partial charge in [0.05, 0.1) is 19.0 Å². The number of benzene rings is 1. The van der Waals surface area contributed by atoms with E-state index in [1.165, 1.54) is 18.4 Å². The molecule has 0 aliphatic rings. The van der Waals surface area contributed by atoms with Gasteiger partial charge in [0.1, 0.15) is 4.88 Å². The zero-order valence-electron chi connectivity index (χ0n) is 10.1. The average molecular weight is 295 g/mol. The molecule has 1 aromatic heterocycles. The van der Waals surface area contributed by atoms with Crippen molar-refractivity contribution in [1.29, 1.82) is 0 Å². The highest BCUT2D eigenvalue weighted by Gasteiger charge is 2.12. The third-order valence-electron chi connectivity index (χ3n) is 2.28. The first-order valence-electron chi connectivity index (χ1n) is 5.41. The Morgan fingerprint density at radius 2 is 2.32 bits per heavy atom. The number of ether oxygens (including phenoxy) is 1. The normalized spacial score (nSPS) is 10.6. The van der Waals surface area contributed by atoms with Crippen molar-refractivity contribution in [1.82, 2.24) is 0 Å². The van der Waals surface area contributed by atoms with E-state index in [4.69, 9.17) is 11.6 Å². The van der Waals surface area contributed by atoms with E-state index in [9.17, 15) is 4.79 Å². The van der Waals surface area contributed by atoms with Crippen molar-refractivity contribution in [3.63, 3.8) is 0 Å². The zero-order chi connectivity index (χ0) is 13.7. The van der Waals surface area contributed by atoms with Crippen LogP contribution in [-0.4, -0.2) is 19.3 Å². The summed E-state index contributed by atoms with van der Waals surface area (Å²) >= 11 is 7.17. The highest BCUT2D eigenvalue weighted by Crippen LogP contribution is 2.23. The number of methoxy groups -OCH3 is 1. The molecule has 2 rings (SSSR count). The van der Waals surface area contributed by atoms with Gasteiger partial charge in [-0.05, 0) is 29.1 Å². The van der Waals surface area contributed by atoms with Crippen molar-refractivity contribution in [2.75, 3.05) is 12.5 Å². The van der Waals surface area contributed by atoms with Gasteiger partial charge >= 0.3 is 5.97 Å². The number of thiophene rings is 1. The first kappa shape index (κ1) is 13.6. The lowest BCUT2D eigenvalue weighted by Crippen LogP contribution is -2.01. The van der Waals surface area contributed by atoms with Gasteiger partial charge < -0.3 is 4.74 Å². The summed E-state index contributed by atoms with van der Waals surface area (Å²) in [4.78, 5) is 11.9. The standard InChI is InChI=1S/C13H11ClN2O2S/c1-18-13(17)12-11(5-6-19-12)16-15-8-9-3-2-4-10(14)7-9/h2-8,16H,1H3/b15-8+. The summed E-state index contributed by atoms with van der Waals surface area (Å²) in [5.41, 5.74) is 4.30. The van der Waals surface area contributed by atoms with E-state index in [-0.39, 0.29) is 5.97 Å². The third-order valence-corrected chi connectivity index (χ3v) is 3.41. The predicted molar refractivity (Wildman–Crippen MR) is 78.3 cm³/mol. The van der Waals surface area contributed by atoms with E-state index in [2.05, 4.69) is 15.3 Å². The number of hydrazone groups is 1. The maximum Gasteiger partial charge on any atom is 0.350 e. The summed E-state index contributed by atoms with van der Waals surface area (Å²) < 4.78 is 4.68. The lowest BCUT2D eigenvalue weighted by molar-refractivity contribution is 0.0607. The topological polar surface area (TPSA) is 50.7 Å². The van der Waals surface area contributed by atoms with Crippen molar-refractivity contribution in [3.05, 3.63) is 51.2 Å². The molecule has 19 heavy (non-hydrogen) atoms. The summed E-state index contributed by atoms with van der Waals surface area (Å²) in [6, 6.07) is 9.08. The number of nitrogens with zero attached hydrogens (tertiary/aromatic N) is 1. The molecule has 0 bridgehead atoms. The van der Waals surface area contributed by atoms with Gasteiger partial charge in [-0.25, -0.2) is 4.79 Å². The molecule has 0 saturated heterocycles. The van der Waals surface area contributed by atoms with Gasteiger partial charge in [-0.3, -0.25) is 5.43 Å². The molecule has 1 aromatic carbocycles. The number of hydrogen-bond acceptors (Lipinski definition) is 5. The Hall–Kier alpha value is -1.85. The second-order valence-electron chi connectivity index (χ2n) is 3.58. The van der Waals surface area contributed by atoms with Gasteiger partial charge in [-0.1, -0.05) is 23.7 Å². The lowest BCUT2D eigenvalue weighted by atomic mass is 10.2. The molecule has 0 radical (unpaired) electrons. The van der Waals surface area contributed by atoms with Gasteiger partial charge in [0.15, 0.2) is 0 Å². The van der Waals surface area contributed by atoms with Crippen molar-refractivity contribution < 1.29 is 9.53 Å². The number of esters is 1. The van der Waals surface area contributed by atoms with Gasteiger partial charge in [-0.2, -0.15) is 5.10 Å². The fourth-order valence-corrected chi connectivity index (χ4v) is 2.37. The second kappa shape index (κ2) is 6.36. The second-order valence-corrected chi connectivity index (χ2v) is 4.93. The summed E-state index contributed by atoms with van der Waals surface area (Å²) in [6.45, 7) is 0. The SMILES string of the molecule is COC(=O)c1sccc1N/N=C/c1cccc(Cl)c1. The summed E-state index contributed by atoms with van der Waals surface area (Å²) in [5, 5.41) is 6.51. The maximum absolute atomic E-state index is 11.5. The van der Waals surface area contributed by atoms with E-state index >= 15 is 0 Å². The van der Waals surface area contributed by atoms with Crippen molar-refractivity contribution in [2.45, 2.75) is 0 Å². The van der Waals surface area contributed by atoms with Gasteiger partial charge in [0.2, 0.25) is 0 Å². The molecule has 0 unspecified atom stereocenters. The van der Waals surface area contributed by atoms with Crippen LogP contribution in [0.5, 0.6) is 0 Å². The fraction of sp³-hybridized carbons (Fsp3) is 0.0769. The molecule has 0 fully saturated rings. The fourth-order valence-electron chi connectivity index (χ4n) is 1.41. The number of carbonyl (C=O) groups excluding carboxylic acids is 1. The summed E-state index contributed by atoms with van der Waals surface area (Å²) in [5.74, 6) is -0.379. The molecule has 0 amide bonds. The van der Waals surface area contributed by atoms with Crippen LogP contribution in [0.4, 0.5) is 5.69 Å². The molecule has 0 spiro atoms. The molecule has 0 saturated carbocycles. The summed E-state index contributed by atoms with van der Waals surface area (Å²) in [6.07, 6.45) is 1.63. The van der Waals surface area contributed by atoms with Crippen LogP contribution in [0.15, 0.2) is 40.8 Å². The molecule has 0 aliphatic heterocycles. The van der Waals surface area contributed by atoms with Gasteiger partial charge in [-0.15, -0.1) is 11.3 Å². The van der Waals surface area contributed by atoms with Crippen LogP contribution in [-0.2, 0) is 4.74 Å². The monoisotopic (exact) mass is 294 g/mol. The van der Waals surface area contributed by atoms with Gasteiger partial charge in [0, 0.05) is 5.02 Å². The Bertz CT molecular complexity index is 610. The molecule has 2 aromatic rings. The van der Waals surface area contributed by atoms with Crippen LogP contribution in [0.1, 0.15) is 15.2 Å². The van der Waals surface area contributed by atoms with E-state index in [1.807, 2.05) is 12.1 Å².